The highest BCUT2D eigenvalue weighted by Gasteiger charge is 2.52. The predicted octanol–water partition coefficient (Wildman–Crippen LogP) is 3.72. The van der Waals surface area contributed by atoms with Gasteiger partial charge in [-0.2, -0.15) is 0 Å². The van der Waals surface area contributed by atoms with Crippen molar-refractivity contribution in [2.45, 2.75) is 45.6 Å². The van der Waals surface area contributed by atoms with E-state index in [1.54, 1.807) is 13.1 Å². The van der Waals surface area contributed by atoms with Gasteiger partial charge in [-0.3, -0.25) is 9.69 Å². The molecule has 2 aliphatic rings. The molecule has 0 aromatic heterocycles. The van der Waals surface area contributed by atoms with Gasteiger partial charge < -0.3 is 15.4 Å². The number of anilines is 1. The number of rotatable bonds is 6. The molecule has 3 rings (SSSR count). The van der Waals surface area contributed by atoms with Crippen molar-refractivity contribution in [3.8, 4) is 0 Å². The second-order valence-corrected chi connectivity index (χ2v) is 9.08. The SMILES string of the molecule is CCC(C)(C)NC(=O)CN1CC2(CC(C=O)C2)C1.CNc1cc(F)cc(Cl)c1. The molecule has 7 heteroatoms. The van der Waals surface area contributed by atoms with Crippen LogP contribution in [-0.2, 0) is 9.59 Å². The van der Waals surface area contributed by atoms with Crippen LogP contribution in [0.2, 0.25) is 5.02 Å². The van der Waals surface area contributed by atoms with Gasteiger partial charge >= 0.3 is 0 Å². The summed E-state index contributed by atoms with van der Waals surface area (Å²) < 4.78 is 12.5. The lowest BCUT2D eigenvalue weighted by Crippen LogP contribution is -2.64. The number of hydrogen-bond acceptors (Lipinski definition) is 4. The van der Waals surface area contributed by atoms with E-state index in [-0.39, 0.29) is 23.2 Å². The van der Waals surface area contributed by atoms with Gasteiger partial charge in [0.2, 0.25) is 5.91 Å². The van der Waals surface area contributed by atoms with Gasteiger partial charge in [-0.1, -0.05) is 18.5 Å². The molecule has 5 nitrogen and oxygen atoms in total. The summed E-state index contributed by atoms with van der Waals surface area (Å²) in [6, 6.07) is 4.30. The van der Waals surface area contributed by atoms with Gasteiger partial charge in [0.1, 0.15) is 12.1 Å². The molecule has 1 saturated heterocycles. The summed E-state index contributed by atoms with van der Waals surface area (Å²) >= 11 is 5.55. The lowest BCUT2D eigenvalue weighted by atomic mass is 9.58. The Morgan fingerprint density at radius 3 is 2.50 bits per heavy atom. The van der Waals surface area contributed by atoms with Gasteiger partial charge in [-0.25, -0.2) is 4.39 Å². The Balaban J connectivity index is 0.000000237. The van der Waals surface area contributed by atoms with Crippen LogP contribution in [0.3, 0.4) is 0 Å². The van der Waals surface area contributed by atoms with E-state index in [4.69, 9.17) is 11.6 Å². The molecular weight excluding hydrogens is 381 g/mol. The van der Waals surface area contributed by atoms with Crippen LogP contribution in [-0.4, -0.2) is 49.3 Å². The van der Waals surface area contributed by atoms with Crippen LogP contribution in [0, 0.1) is 17.2 Å². The van der Waals surface area contributed by atoms with Crippen molar-refractivity contribution >= 4 is 29.5 Å². The summed E-state index contributed by atoms with van der Waals surface area (Å²) in [6.45, 7) is 8.63. The number of benzene rings is 1. The van der Waals surface area contributed by atoms with E-state index >= 15 is 0 Å². The average molecular weight is 412 g/mol. The molecular formula is C21H31ClFN3O2. The Kier molecular flexibility index (Phi) is 7.46. The van der Waals surface area contributed by atoms with Crippen molar-refractivity contribution in [2.75, 3.05) is 32.0 Å². The number of likely N-dealkylation sites (tertiary alicyclic amines) is 1. The first-order valence-electron chi connectivity index (χ1n) is 9.73. The van der Waals surface area contributed by atoms with Gasteiger partial charge in [-0.05, 0) is 56.7 Å². The zero-order chi connectivity index (χ0) is 20.9. The van der Waals surface area contributed by atoms with E-state index < -0.39 is 0 Å². The van der Waals surface area contributed by atoms with Gasteiger partial charge in [-0.15, -0.1) is 0 Å². The second kappa shape index (κ2) is 9.23. The molecule has 28 heavy (non-hydrogen) atoms. The average Bonchev–Trinajstić information content (AvgIpc) is 2.55. The monoisotopic (exact) mass is 411 g/mol. The van der Waals surface area contributed by atoms with Crippen LogP contribution in [0.4, 0.5) is 10.1 Å². The Bertz CT molecular complexity index is 677. The smallest absolute Gasteiger partial charge is 0.234 e. The van der Waals surface area contributed by atoms with Crippen molar-refractivity contribution in [1.82, 2.24) is 10.2 Å². The molecule has 2 fully saturated rings. The van der Waals surface area contributed by atoms with Crippen molar-refractivity contribution in [2.24, 2.45) is 11.3 Å². The maximum atomic E-state index is 12.5. The molecule has 1 aromatic rings. The minimum absolute atomic E-state index is 0.112. The first kappa shape index (κ1) is 22.6. The molecule has 1 heterocycles. The molecule has 156 valence electrons. The van der Waals surface area contributed by atoms with E-state index in [0.29, 0.717) is 22.7 Å². The van der Waals surface area contributed by atoms with Crippen LogP contribution in [0.5, 0.6) is 0 Å². The van der Waals surface area contributed by atoms with Gasteiger partial charge in [0.25, 0.3) is 0 Å². The van der Waals surface area contributed by atoms with E-state index in [0.717, 1.165) is 38.6 Å². The summed E-state index contributed by atoms with van der Waals surface area (Å²) in [6.07, 6.45) is 4.05. The summed E-state index contributed by atoms with van der Waals surface area (Å²) in [5, 5.41) is 6.24. The number of nitrogens with zero attached hydrogens (tertiary/aromatic N) is 1. The number of nitrogens with one attached hydrogen (secondary N) is 2. The fraction of sp³-hybridized carbons (Fsp3) is 0.619. The quantitative estimate of drug-likeness (QED) is 0.700. The number of carbonyl (C=O) groups is 2. The van der Waals surface area contributed by atoms with Gasteiger partial charge in [0, 0.05) is 42.3 Å². The first-order valence-corrected chi connectivity index (χ1v) is 10.1. The third kappa shape index (κ3) is 6.17. The summed E-state index contributed by atoms with van der Waals surface area (Å²) in [4.78, 5) is 24.6. The third-order valence-electron chi connectivity index (χ3n) is 5.58. The minimum atomic E-state index is -0.322. The molecule has 1 spiro atoms. The normalized spacial score (nSPS) is 18.4. The highest BCUT2D eigenvalue weighted by atomic mass is 35.5. The fourth-order valence-electron chi connectivity index (χ4n) is 3.83. The molecule has 0 unspecified atom stereocenters. The lowest BCUT2D eigenvalue weighted by molar-refractivity contribution is -0.139. The first-order chi connectivity index (χ1) is 13.1. The highest BCUT2D eigenvalue weighted by Crippen LogP contribution is 2.50. The fourth-order valence-corrected chi connectivity index (χ4v) is 4.05. The topological polar surface area (TPSA) is 61.4 Å². The van der Waals surface area contributed by atoms with E-state index in [2.05, 4.69) is 22.5 Å². The van der Waals surface area contributed by atoms with Crippen LogP contribution in [0.25, 0.3) is 0 Å². The number of aldehydes is 1. The number of halogens is 2. The zero-order valence-electron chi connectivity index (χ0n) is 17.1. The second-order valence-electron chi connectivity index (χ2n) is 8.64. The molecule has 1 aromatic carbocycles. The van der Waals surface area contributed by atoms with Crippen LogP contribution in [0.15, 0.2) is 18.2 Å². The van der Waals surface area contributed by atoms with E-state index in [1.807, 2.05) is 13.8 Å². The molecule has 2 N–H and O–H groups in total. The number of amides is 1. The van der Waals surface area contributed by atoms with E-state index in [9.17, 15) is 14.0 Å². The third-order valence-corrected chi connectivity index (χ3v) is 5.80. The summed E-state index contributed by atoms with van der Waals surface area (Å²) in [5.74, 6) is 0.0693. The number of carbonyl (C=O) groups excluding carboxylic acids is 2. The van der Waals surface area contributed by atoms with E-state index in [1.165, 1.54) is 12.1 Å². The maximum Gasteiger partial charge on any atom is 0.234 e. The predicted molar refractivity (Wildman–Crippen MR) is 111 cm³/mol. The molecule has 0 bridgehead atoms. The van der Waals surface area contributed by atoms with Crippen LogP contribution >= 0.6 is 11.6 Å². The number of hydrogen-bond donors (Lipinski definition) is 2. The Labute approximate surface area is 172 Å². The Morgan fingerprint density at radius 2 is 2.00 bits per heavy atom. The van der Waals surface area contributed by atoms with Crippen molar-refractivity contribution in [3.05, 3.63) is 29.0 Å². The Morgan fingerprint density at radius 1 is 1.36 bits per heavy atom. The highest BCUT2D eigenvalue weighted by molar-refractivity contribution is 6.30. The molecule has 1 aliphatic carbocycles. The molecule has 0 atom stereocenters. The van der Waals surface area contributed by atoms with Gasteiger partial charge in [0.05, 0.1) is 6.54 Å². The van der Waals surface area contributed by atoms with Crippen molar-refractivity contribution in [3.63, 3.8) is 0 Å². The summed E-state index contributed by atoms with van der Waals surface area (Å²) in [7, 11) is 1.71. The van der Waals surface area contributed by atoms with Crippen molar-refractivity contribution in [1.29, 1.82) is 0 Å². The van der Waals surface area contributed by atoms with Crippen LogP contribution < -0.4 is 10.6 Å². The van der Waals surface area contributed by atoms with Crippen molar-refractivity contribution < 1.29 is 14.0 Å². The molecule has 1 saturated carbocycles. The standard InChI is InChI=1S/C14H24N2O2.C7H7ClFN/c1-4-13(2,3)15-12(18)7-16-9-14(10-16)5-11(6-14)8-17;1-10-7-3-5(8)2-6(9)4-7/h8,11H,4-7,9-10H2,1-3H3,(H,15,18);2-4,10H,1H3. The van der Waals surface area contributed by atoms with Gasteiger partial charge in [0.15, 0.2) is 0 Å². The molecule has 1 amide bonds. The Hall–Kier alpha value is -1.66. The lowest BCUT2D eigenvalue weighted by Gasteiger charge is -2.58. The largest absolute Gasteiger partial charge is 0.388 e. The van der Waals surface area contributed by atoms with Crippen LogP contribution in [0.1, 0.15) is 40.0 Å². The minimum Gasteiger partial charge on any atom is -0.388 e. The summed E-state index contributed by atoms with van der Waals surface area (Å²) in [5.41, 5.74) is 0.940. The molecule has 0 radical (unpaired) electrons. The zero-order valence-corrected chi connectivity index (χ0v) is 17.9. The maximum absolute atomic E-state index is 12.5. The molecule has 1 aliphatic heterocycles.